The number of hydrogen-bond acceptors (Lipinski definition) is 4. The first-order valence-corrected chi connectivity index (χ1v) is 7.57. The number of imidazole rings is 1. The maximum atomic E-state index is 12.9. The average Bonchev–Trinajstić information content (AvgIpc) is 3.15. The van der Waals surface area contributed by atoms with E-state index in [-0.39, 0.29) is 11.5 Å². The Hall–Kier alpha value is -3.29. The molecule has 8 heteroatoms. The van der Waals surface area contributed by atoms with Gasteiger partial charge in [0.15, 0.2) is 5.82 Å². The highest BCUT2D eigenvalue weighted by Gasteiger charge is 2.23. The molecular weight excluding hydrogens is 325 g/mol. The third-order valence-electron chi connectivity index (χ3n) is 3.57. The molecule has 1 aromatic heterocycles. The van der Waals surface area contributed by atoms with Gasteiger partial charge in [-0.25, -0.2) is 9.37 Å². The van der Waals surface area contributed by atoms with Crippen LogP contribution < -0.4 is 10.6 Å². The molecule has 2 aromatic rings. The van der Waals surface area contributed by atoms with Gasteiger partial charge in [0.25, 0.3) is 11.8 Å². The van der Waals surface area contributed by atoms with Crippen LogP contribution in [0.2, 0.25) is 0 Å². The number of nitrogens with one attached hydrogen (secondary N) is 2. The van der Waals surface area contributed by atoms with Crippen LogP contribution in [0.25, 0.3) is 0 Å². The summed E-state index contributed by atoms with van der Waals surface area (Å²) >= 11 is 0. The molecule has 0 atom stereocenters. The number of nitrogens with zero attached hydrogens (tertiary/aromatic N) is 3. The summed E-state index contributed by atoms with van der Waals surface area (Å²) in [4.78, 5) is 32.9. The zero-order chi connectivity index (χ0) is 18.0. The second-order valence-electron chi connectivity index (χ2n) is 5.54. The summed E-state index contributed by atoms with van der Waals surface area (Å²) in [5.74, 6) is -1.06. The minimum atomic E-state index is -0.480. The second-order valence-corrected chi connectivity index (χ2v) is 5.54. The molecule has 25 heavy (non-hydrogen) atoms. The Kier molecular flexibility index (Phi) is 4.42. The molecular formula is C17H16FN5O2. The Labute approximate surface area is 143 Å². The smallest absolute Gasteiger partial charge is 0.291 e. The van der Waals surface area contributed by atoms with Crippen LogP contribution in [0, 0.1) is 12.7 Å². The summed E-state index contributed by atoms with van der Waals surface area (Å²) in [6.45, 7) is 2.08. The van der Waals surface area contributed by atoms with E-state index in [9.17, 15) is 14.0 Å². The third-order valence-corrected chi connectivity index (χ3v) is 3.57. The lowest BCUT2D eigenvalue weighted by atomic mass is 10.2. The number of hydrogen-bond donors (Lipinski definition) is 2. The number of amides is 2. The lowest BCUT2D eigenvalue weighted by molar-refractivity contribution is -0.110. The quantitative estimate of drug-likeness (QED) is 0.885. The van der Waals surface area contributed by atoms with E-state index in [0.29, 0.717) is 17.9 Å². The van der Waals surface area contributed by atoms with Crippen LogP contribution in [-0.2, 0) is 11.8 Å². The van der Waals surface area contributed by atoms with Gasteiger partial charge in [0.1, 0.15) is 11.5 Å². The van der Waals surface area contributed by atoms with Gasteiger partial charge in [-0.2, -0.15) is 0 Å². The largest absolute Gasteiger partial charge is 0.330 e. The van der Waals surface area contributed by atoms with Crippen LogP contribution in [0.3, 0.4) is 0 Å². The topological polar surface area (TPSA) is 88.4 Å². The fraction of sp³-hybridized carbons (Fsp3) is 0.176. The molecule has 0 radical (unpaired) electrons. The number of anilines is 1. The Balaban J connectivity index is 1.69. The normalized spacial score (nSPS) is 13.2. The number of carbonyl (C=O) groups excluding carboxylic acids is 2. The highest BCUT2D eigenvalue weighted by atomic mass is 19.1. The van der Waals surface area contributed by atoms with E-state index in [4.69, 9.17) is 0 Å². The van der Waals surface area contributed by atoms with Gasteiger partial charge in [-0.1, -0.05) is 0 Å². The number of halogens is 1. The summed E-state index contributed by atoms with van der Waals surface area (Å²) < 4.78 is 14.5. The Bertz CT molecular complexity index is 896. The molecule has 0 aliphatic carbocycles. The zero-order valence-electron chi connectivity index (χ0n) is 13.7. The van der Waals surface area contributed by atoms with Crippen molar-refractivity contribution in [2.24, 2.45) is 12.0 Å². The first-order valence-electron chi connectivity index (χ1n) is 7.57. The molecule has 2 amide bonds. The molecule has 1 aliphatic rings. The van der Waals surface area contributed by atoms with Crippen molar-refractivity contribution in [1.29, 1.82) is 0 Å². The summed E-state index contributed by atoms with van der Waals surface area (Å²) in [5, 5.41) is 5.28. The molecule has 0 bridgehead atoms. The van der Waals surface area contributed by atoms with E-state index >= 15 is 0 Å². The van der Waals surface area contributed by atoms with Crippen molar-refractivity contribution in [3.63, 3.8) is 0 Å². The van der Waals surface area contributed by atoms with Gasteiger partial charge in [-0.3, -0.25) is 14.6 Å². The maximum absolute atomic E-state index is 12.9. The molecule has 3 rings (SSSR count). The van der Waals surface area contributed by atoms with Crippen LogP contribution in [0.5, 0.6) is 0 Å². The summed E-state index contributed by atoms with van der Waals surface area (Å²) in [6, 6.07) is 5.38. The molecule has 0 unspecified atom stereocenters. The number of carbonyl (C=O) groups is 2. The van der Waals surface area contributed by atoms with Gasteiger partial charge in [-0.05, 0) is 37.3 Å². The Morgan fingerprint density at radius 3 is 2.52 bits per heavy atom. The van der Waals surface area contributed by atoms with Crippen molar-refractivity contribution in [2.45, 2.75) is 6.92 Å². The fourth-order valence-electron chi connectivity index (χ4n) is 2.44. The zero-order valence-corrected chi connectivity index (χ0v) is 13.7. The van der Waals surface area contributed by atoms with Crippen LogP contribution >= 0.6 is 0 Å². The number of benzene rings is 1. The van der Waals surface area contributed by atoms with Gasteiger partial charge >= 0.3 is 0 Å². The van der Waals surface area contributed by atoms with Crippen LogP contribution in [0.15, 0.2) is 47.2 Å². The highest BCUT2D eigenvalue weighted by Crippen LogP contribution is 2.12. The first-order chi connectivity index (χ1) is 11.9. The van der Waals surface area contributed by atoms with E-state index in [1.165, 1.54) is 24.3 Å². The summed E-state index contributed by atoms with van der Waals surface area (Å²) in [6.07, 6.45) is 3.38. The maximum Gasteiger partial charge on any atom is 0.291 e. The van der Waals surface area contributed by atoms with Crippen molar-refractivity contribution in [3.8, 4) is 0 Å². The predicted octanol–water partition coefficient (Wildman–Crippen LogP) is 1.57. The van der Waals surface area contributed by atoms with Crippen LogP contribution in [-0.4, -0.2) is 33.6 Å². The van der Waals surface area contributed by atoms with E-state index in [1.54, 1.807) is 30.8 Å². The number of aliphatic imine (C=N–C) groups is 1. The Morgan fingerprint density at radius 1 is 1.16 bits per heavy atom. The second kappa shape index (κ2) is 6.68. The van der Waals surface area contributed by atoms with Crippen molar-refractivity contribution >= 4 is 23.2 Å². The third kappa shape index (κ3) is 3.63. The van der Waals surface area contributed by atoms with Crippen LogP contribution in [0.1, 0.15) is 16.3 Å². The van der Waals surface area contributed by atoms with Crippen LogP contribution in [0.4, 0.5) is 10.1 Å². The average molecular weight is 341 g/mol. The van der Waals surface area contributed by atoms with Crippen molar-refractivity contribution in [1.82, 2.24) is 14.9 Å². The number of aromatic nitrogens is 2. The van der Waals surface area contributed by atoms with E-state index < -0.39 is 17.6 Å². The highest BCUT2D eigenvalue weighted by molar-refractivity contribution is 6.49. The predicted molar refractivity (Wildman–Crippen MR) is 90.8 cm³/mol. The van der Waals surface area contributed by atoms with E-state index in [2.05, 4.69) is 20.6 Å². The van der Waals surface area contributed by atoms with Gasteiger partial charge < -0.3 is 15.2 Å². The standard InChI is InChI=1S/C17H16FN5O2/c1-10-9-23(2)15(20-10)17(25)22-13-7-8-19-14(13)16(24)21-12-5-3-11(18)4-6-12/h3-7,9H,8H2,1-2H3,(H,21,24)(H,22,25). The Morgan fingerprint density at radius 2 is 1.88 bits per heavy atom. The molecule has 2 N–H and O–H groups in total. The van der Waals surface area contributed by atoms with Gasteiger partial charge in [0, 0.05) is 18.9 Å². The number of rotatable bonds is 4. The lowest BCUT2D eigenvalue weighted by Crippen LogP contribution is -2.33. The summed E-state index contributed by atoms with van der Waals surface area (Å²) in [5.41, 5.74) is 1.59. The molecule has 0 spiro atoms. The minimum Gasteiger partial charge on any atom is -0.330 e. The first kappa shape index (κ1) is 16.6. The minimum absolute atomic E-state index is 0.114. The van der Waals surface area contributed by atoms with Crippen molar-refractivity contribution < 1.29 is 14.0 Å². The molecule has 7 nitrogen and oxygen atoms in total. The van der Waals surface area contributed by atoms with E-state index in [0.717, 1.165) is 5.69 Å². The van der Waals surface area contributed by atoms with Crippen molar-refractivity contribution in [2.75, 3.05) is 11.9 Å². The molecule has 1 aliphatic heterocycles. The molecule has 0 saturated carbocycles. The van der Waals surface area contributed by atoms with Crippen molar-refractivity contribution in [3.05, 3.63) is 59.6 Å². The molecule has 0 fully saturated rings. The van der Waals surface area contributed by atoms with Gasteiger partial charge in [0.2, 0.25) is 0 Å². The number of aryl methyl sites for hydroxylation is 2. The molecule has 1 aromatic carbocycles. The van der Waals surface area contributed by atoms with Gasteiger partial charge in [0.05, 0.1) is 17.9 Å². The SMILES string of the molecule is Cc1cn(C)c(C(=O)NC2=CCN=C2C(=O)Nc2ccc(F)cc2)n1. The van der Waals surface area contributed by atoms with Gasteiger partial charge in [-0.15, -0.1) is 0 Å². The fourth-order valence-corrected chi connectivity index (χ4v) is 2.44. The molecule has 0 saturated heterocycles. The summed E-state index contributed by atoms with van der Waals surface area (Å²) in [7, 11) is 1.72. The lowest BCUT2D eigenvalue weighted by Gasteiger charge is -2.10. The molecule has 2 heterocycles. The monoisotopic (exact) mass is 341 g/mol. The van der Waals surface area contributed by atoms with E-state index in [1.807, 2.05) is 0 Å². The molecule has 128 valence electrons.